The summed E-state index contributed by atoms with van der Waals surface area (Å²) in [7, 11) is 1.63. The lowest BCUT2D eigenvalue weighted by molar-refractivity contribution is -0.120. The Balaban J connectivity index is 1.26. The van der Waals surface area contributed by atoms with E-state index in [9.17, 15) is 14.4 Å². The second-order valence-electron chi connectivity index (χ2n) is 7.78. The monoisotopic (exact) mass is 491 g/mol. The fraction of sp³-hybridized carbons (Fsp3) is 0.200. The average molecular weight is 492 g/mol. The number of carbonyl (C=O) groups excluding carboxylic acids is 3. The number of fused-ring (bicyclic) bond motifs is 1. The van der Waals surface area contributed by atoms with Crippen LogP contribution in [0.2, 0.25) is 0 Å². The SMILES string of the molecule is COc1ccc(-c2cn3c(CC(=O)NCCNC(=O)c4ccc(NC(C)=O)cc4)csc3n2)cc1. The quantitative estimate of drug-likeness (QED) is 0.311. The van der Waals surface area contributed by atoms with E-state index in [1.165, 1.54) is 18.3 Å². The van der Waals surface area contributed by atoms with Crippen LogP contribution in [-0.2, 0) is 16.0 Å². The Bertz CT molecular complexity index is 1340. The fourth-order valence-corrected chi connectivity index (χ4v) is 4.35. The van der Waals surface area contributed by atoms with Crippen molar-refractivity contribution in [2.75, 3.05) is 25.5 Å². The number of ether oxygens (including phenoxy) is 1. The molecule has 0 radical (unpaired) electrons. The number of hydrogen-bond donors (Lipinski definition) is 3. The maximum atomic E-state index is 12.4. The van der Waals surface area contributed by atoms with Crippen molar-refractivity contribution in [2.24, 2.45) is 0 Å². The average Bonchev–Trinajstić information content (AvgIpc) is 3.44. The second kappa shape index (κ2) is 10.8. The van der Waals surface area contributed by atoms with Crippen molar-refractivity contribution < 1.29 is 19.1 Å². The highest BCUT2D eigenvalue weighted by molar-refractivity contribution is 7.15. The van der Waals surface area contributed by atoms with Gasteiger partial charge in [0.2, 0.25) is 11.8 Å². The highest BCUT2D eigenvalue weighted by atomic mass is 32.1. The summed E-state index contributed by atoms with van der Waals surface area (Å²) in [6, 6.07) is 14.3. The molecule has 2 heterocycles. The van der Waals surface area contributed by atoms with E-state index in [2.05, 4.69) is 20.9 Å². The van der Waals surface area contributed by atoms with Gasteiger partial charge in [0.05, 0.1) is 19.2 Å². The third-order valence-corrected chi connectivity index (χ3v) is 6.10. The number of hydrogen-bond acceptors (Lipinski definition) is 6. The highest BCUT2D eigenvalue weighted by Gasteiger charge is 2.13. The molecule has 10 heteroatoms. The molecule has 0 fully saturated rings. The first-order valence-corrected chi connectivity index (χ1v) is 11.8. The molecule has 2 aromatic heterocycles. The Labute approximate surface area is 206 Å². The first-order valence-electron chi connectivity index (χ1n) is 11.0. The van der Waals surface area contributed by atoms with Crippen LogP contribution in [0.25, 0.3) is 16.2 Å². The van der Waals surface area contributed by atoms with Crippen LogP contribution in [-0.4, -0.2) is 47.3 Å². The number of nitrogens with one attached hydrogen (secondary N) is 3. The van der Waals surface area contributed by atoms with Gasteiger partial charge in [-0.25, -0.2) is 4.98 Å². The number of amides is 3. The zero-order valence-corrected chi connectivity index (χ0v) is 20.1. The van der Waals surface area contributed by atoms with Crippen molar-refractivity contribution in [1.29, 1.82) is 0 Å². The predicted octanol–water partition coefficient (Wildman–Crippen LogP) is 3.12. The Hall–Kier alpha value is -4.18. The van der Waals surface area contributed by atoms with Crippen molar-refractivity contribution in [2.45, 2.75) is 13.3 Å². The molecule has 0 aliphatic carbocycles. The van der Waals surface area contributed by atoms with Gasteiger partial charge < -0.3 is 20.7 Å². The van der Waals surface area contributed by atoms with E-state index in [-0.39, 0.29) is 24.1 Å². The molecular formula is C25H25N5O4S. The number of imidazole rings is 1. The maximum Gasteiger partial charge on any atom is 0.251 e. The maximum absolute atomic E-state index is 12.4. The molecule has 0 aliphatic heterocycles. The molecule has 0 bridgehead atoms. The van der Waals surface area contributed by atoms with Gasteiger partial charge in [0.25, 0.3) is 5.91 Å². The number of thiazole rings is 1. The van der Waals surface area contributed by atoms with Gasteiger partial charge in [0, 0.05) is 54.1 Å². The summed E-state index contributed by atoms with van der Waals surface area (Å²) in [5.41, 5.74) is 3.74. The highest BCUT2D eigenvalue weighted by Crippen LogP contribution is 2.25. The smallest absolute Gasteiger partial charge is 0.251 e. The van der Waals surface area contributed by atoms with Crippen LogP contribution in [0, 0.1) is 0 Å². The second-order valence-corrected chi connectivity index (χ2v) is 8.61. The molecule has 2 aromatic carbocycles. The summed E-state index contributed by atoms with van der Waals surface area (Å²) < 4.78 is 7.13. The zero-order chi connectivity index (χ0) is 24.8. The van der Waals surface area contributed by atoms with Crippen LogP contribution in [0.5, 0.6) is 5.75 Å². The van der Waals surface area contributed by atoms with Crippen molar-refractivity contribution in [3.05, 3.63) is 71.4 Å². The minimum atomic E-state index is -0.252. The molecule has 0 aliphatic rings. The number of nitrogens with zero attached hydrogens (tertiary/aromatic N) is 2. The van der Waals surface area contributed by atoms with Crippen molar-refractivity contribution >= 4 is 39.7 Å². The molecule has 3 amide bonds. The Kier molecular flexibility index (Phi) is 7.41. The van der Waals surface area contributed by atoms with Gasteiger partial charge in [-0.15, -0.1) is 11.3 Å². The summed E-state index contributed by atoms with van der Waals surface area (Å²) in [6.45, 7) is 2.03. The summed E-state index contributed by atoms with van der Waals surface area (Å²) in [6.07, 6.45) is 2.13. The van der Waals surface area contributed by atoms with E-state index in [4.69, 9.17) is 4.74 Å². The van der Waals surface area contributed by atoms with Gasteiger partial charge >= 0.3 is 0 Å². The van der Waals surface area contributed by atoms with Gasteiger partial charge in [-0.2, -0.15) is 0 Å². The van der Waals surface area contributed by atoms with Gasteiger partial charge in [0.1, 0.15) is 5.75 Å². The minimum absolute atomic E-state index is 0.140. The lowest BCUT2D eigenvalue weighted by Crippen LogP contribution is -2.35. The van der Waals surface area contributed by atoms with E-state index in [0.29, 0.717) is 24.3 Å². The van der Waals surface area contributed by atoms with Gasteiger partial charge in [-0.1, -0.05) is 0 Å². The van der Waals surface area contributed by atoms with Crippen LogP contribution in [0.1, 0.15) is 23.0 Å². The first kappa shape index (κ1) is 24.0. The van der Waals surface area contributed by atoms with Crippen LogP contribution in [0.15, 0.2) is 60.1 Å². The Morgan fingerprint density at radius 2 is 1.71 bits per heavy atom. The van der Waals surface area contributed by atoms with E-state index >= 15 is 0 Å². The van der Waals surface area contributed by atoms with Crippen LogP contribution in [0.3, 0.4) is 0 Å². The number of carbonyl (C=O) groups is 3. The van der Waals surface area contributed by atoms with Gasteiger partial charge in [-0.05, 0) is 48.5 Å². The van der Waals surface area contributed by atoms with Crippen LogP contribution < -0.4 is 20.7 Å². The van der Waals surface area contributed by atoms with Crippen LogP contribution in [0.4, 0.5) is 5.69 Å². The van der Waals surface area contributed by atoms with Gasteiger partial charge in [0.15, 0.2) is 4.96 Å². The molecule has 0 unspecified atom stereocenters. The van der Waals surface area contributed by atoms with Crippen molar-refractivity contribution in [3.63, 3.8) is 0 Å². The minimum Gasteiger partial charge on any atom is -0.497 e. The van der Waals surface area contributed by atoms with Crippen molar-refractivity contribution in [1.82, 2.24) is 20.0 Å². The summed E-state index contributed by atoms with van der Waals surface area (Å²) in [5.74, 6) is 0.214. The Morgan fingerprint density at radius 3 is 2.40 bits per heavy atom. The standard InChI is InChI=1S/C25H25N5O4S/c1-16(31)28-19-7-3-18(4-8-19)24(33)27-12-11-26-23(32)13-20-15-35-25-29-22(14-30(20)25)17-5-9-21(34-2)10-6-17/h3-10,14-15H,11-13H2,1-2H3,(H,26,32)(H,27,33)(H,28,31). The molecule has 4 rings (SSSR count). The van der Waals surface area contributed by atoms with Gasteiger partial charge in [-0.3, -0.25) is 18.8 Å². The van der Waals surface area contributed by atoms with Crippen molar-refractivity contribution in [3.8, 4) is 17.0 Å². The number of aromatic nitrogens is 2. The molecule has 0 saturated heterocycles. The predicted molar refractivity (Wildman–Crippen MR) is 135 cm³/mol. The topological polar surface area (TPSA) is 114 Å². The molecule has 0 atom stereocenters. The third-order valence-electron chi connectivity index (χ3n) is 5.21. The fourth-order valence-electron chi connectivity index (χ4n) is 3.47. The molecular weight excluding hydrogens is 466 g/mol. The van der Waals surface area contributed by atoms with E-state index in [0.717, 1.165) is 27.7 Å². The Morgan fingerprint density at radius 1 is 1.00 bits per heavy atom. The number of rotatable bonds is 9. The number of methoxy groups -OCH3 is 1. The third kappa shape index (κ3) is 6.04. The molecule has 0 saturated carbocycles. The number of benzene rings is 2. The van der Waals surface area contributed by atoms with E-state index < -0.39 is 0 Å². The molecule has 9 nitrogen and oxygen atoms in total. The lowest BCUT2D eigenvalue weighted by atomic mass is 10.2. The molecule has 3 N–H and O–H groups in total. The molecule has 4 aromatic rings. The number of anilines is 1. The van der Waals surface area contributed by atoms with E-state index in [1.54, 1.807) is 31.4 Å². The van der Waals surface area contributed by atoms with E-state index in [1.807, 2.05) is 40.2 Å². The van der Waals surface area contributed by atoms with Crippen LogP contribution >= 0.6 is 11.3 Å². The molecule has 35 heavy (non-hydrogen) atoms. The normalized spacial score (nSPS) is 10.7. The molecule has 180 valence electrons. The summed E-state index contributed by atoms with van der Waals surface area (Å²) in [5, 5.41) is 10.2. The largest absolute Gasteiger partial charge is 0.497 e. The first-order chi connectivity index (χ1) is 16.9. The summed E-state index contributed by atoms with van der Waals surface area (Å²) in [4.78, 5) is 41.2. The zero-order valence-electron chi connectivity index (χ0n) is 19.3. The lowest BCUT2D eigenvalue weighted by Gasteiger charge is -2.08. The molecule has 0 spiro atoms. The summed E-state index contributed by atoms with van der Waals surface area (Å²) >= 11 is 1.48.